The summed E-state index contributed by atoms with van der Waals surface area (Å²) >= 11 is 1.71. The van der Waals surface area contributed by atoms with E-state index in [1.165, 1.54) is 0 Å². The highest BCUT2D eigenvalue weighted by molar-refractivity contribution is 8.00. The van der Waals surface area contributed by atoms with Crippen molar-refractivity contribution in [1.29, 1.82) is 0 Å². The fraction of sp³-hybridized carbons (Fsp3) is 0.440. The molecular weight excluding hydrogens is 392 g/mol. The van der Waals surface area contributed by atoms with Crippen LogP contribution in [0, 0.1) is 0 Å². The molecule has 2 aromatic carbocycles. The molecular formula is C25H32N2O2S. The molecule has 160 valence electrons. The maximum atomic E-state index is 13.1. The van der Waals surface area contributed by atoms with Gasteiger partial charge in [0.25, 0.3) is 5.91 Å². The summed E-state index contributed by atoms with van der Waals surface area (Å²) in [6, 6.07) is 17.9. The maximum absolute atomic E-state index is 13.1. The van der Waals surface area contributed by atoms with Crippen molar-refractivity contribution in [1.82, 2.24) is 10.2 Å². The van der Waals surface area contributed by atoms with Crippen LogP contribution in [0.2, 0.25) is 0 Å². The minimum Gasteiger partial charge on any atom is -0.349 e. The summed E-state index contributed by atoms with van der Waals surface area (Å²) < 4.78 is 0. The number of nitrogens with one attached hydrogen (secondary N) is 1. The van der Waals surface area contributed by atoms with E-state index in [1.54, 1.807) is 11.8 Å². The second-order valence-corrected chi connectivity index (χ2v) is 9.73. The Balaban J connectivity index is 1.57. The SMILES string of the molecule is CC[C@H](C(=O)N1CCC(NC(=O)c2ccccc2SC(C)C)CC1)c1ccccc1. The first-order chi connectivity index (χ1) is 14.5. The lowest BCUT2D eigenvalue weighted by molar-refractivity contribution is -0.134. The van der Waals surface area contributed by atoms with Gasteiger partial charge in [-0.25, -0.2) is 0 Å². The van der Waals surface area contributed by atoms with Crippen molar-refractivity contribution in [3.63, 3.8) is 0 Å². The molecule has 0 aromatic heterocycles. The van der Waals surface area contributed by atoms with Crippen molar-refractivity contribution in [3.05, 3.63) is 65.7 Å². The van der Waals surface area contributed by atoms with E-state index < -0.39 is 0 Å². The first-order valence-electron chi connectivity index (χ1n) is 10.9. The van der Waals surface area contributed by atoms with Crippen LogP contribution in [0.25, 0.3) is 0 Å². The van der Waals surface area contributed by atoms with Crippen molar-refractivity contribution in [2.24, 2.45) is 0 Å². The van der Waals surface area contributed by atoms with E-state index >= 15 is 0 Å². The Morgan fingerprint density at radius 2 is 1.67 bits per heavy atom. The number of carbonyl (C=O) groups excluding carboxylic acids is 2. The lowest BCUT2D eigenvalue weighted by atomic mass is 9.93. The van der Waals surface area contributed by atoms with Gasteiger partial charge in [0, 0.05) is 29.3 Å². The van der Waals surface area contributed by atoms with Gasteiger partial charge in [0.2, 0.25) is 5.91 Å². The van der Waals surface area contributed by atoms with Crippen molar-refractivity contribution < 1.29 is 9.59 Å². The second-order valence-electron chi connectivity index (χ2n) is 8.11. The number of amides is 2. The molecule has 1 fully saturated rings. The smallest absolute Gasteiger partial charge is 0.252 e. The first kappa shape index (κ1) is 22.4. The highest BCUT2D eigenvalue weighted by Gasteiger charge is 2.29. The van der Waals surface area contributed by atoms with Crippen LogP contribution in [0.1, 0.15) is 61.9 Å². The van der Waals surface area contributed by atoms with E-state index in [2.05, 4.69) is 26.1 Å². The summed E-state index contributed by atoms with van der Waals surface area (Å²) in [4.78, 5) is 28.9. The number of hydrogen-bond donors (Lipinski definition) is 1. The number of benzene rings is 2. The van der Waals surface area contributed by atoms with E-state index in [0.717, 1.165) is 35.3 Å². The quantitative estimate of drug-likeness (QED) is 0.629. The third kappa shape index (κ3) is 5.66. The average Bonchev–Trinajstić information content (AvgIpc) is 2.75. The molecule has 3 rings (SSSR count). The molecule has 0 unspecified atom stereocenters. The van der Waals surface area contributed by atoms with Crippen LogP contribution < -0.4 is 5.32 Å². The number of nitrogens with zero attached hydrogens (tertiary/aromatic N) is 1. The number of rotatable bonds is 7. The minimum absolute atomic E-state index is 0.0146. The predicted octanol–water partition coefficient (Wildman–Crippen LogP) is 5.10. The normalized spacial score (nSPS) is 15.8. The zero-order chi connectivity index (χ0) is 21.5. The summed E-state index contributed by atoms with van der Waals surface area (Å²) in [5.74, 6) is 0.101. The van der Waals surface area contributed by atoms with Gasteiger partial charge in [-0.05, 0) is 37.0 Å². The second kappa shape index (κ2) is 10.7. The summed E-state index contributed by atoms with van der Waals surface area (Å²) in [5, 5.41) is 3.61. The van der Waals surface area contributed by atoms with Crippen LogP contribution >= 0.6 is 11.8 Å². The summed E-state index contributed by atoms with van der Waals surface area (Å²) in [5.41, 5.74) is 1.82. The number of carbonyl (C=O) groups is 2. The molecule has 4 nitrogen and oxygen atoms in total. The highest BCUT2D eigenvalue weighted by atomic mass is 32.2. The summed E-state index contributed by atoms with van der Waals surface area (Å²) in [6.45, 7) is 7.70. The van der Waals surface area contributed by atoms with Gasteiger partial charge in [0.05, 0.1) is 11.5 Å². The fourth-order valence-electron chi connectivity index (χ4n) is 3.98. The van der Waals surface area contributed by atoms with Gasteiger partial charge in [-0.15, -0.1) is 11.8 Å². The molecule has 5 heteroatoms. The van der Waals surface area contributed by atoms with Crippen molar-refractivity contribution in [2.45, 2.75) is 62.1 Å². The van der Waals surface area contributed by atoms with E-state index in [9.17, 15) is 9.59 Å². The molecule has 1 heterocycles. The Labute approximate surface area is 184 Å². The van der Waals surface area contributed by atoms with E-state index in [0.29, 0.717) is 18.3 Å². The molecule has 2 amide bonds. The molecule has 1 aliphatic rings. The Kier molecular flexibility index (Phi) is 7.97. The predicted molar refractivity (Wildman–Crippen MR) is 124 cm³/mol. The molecule has 1 aliphatic heterocycles. The Morgan fingerprint density at radius 3 is 2.30 bits per heavy atom. The number of likely N-dealkylation sites (tertiary alicyclic amines) is 1. The molecule has 0 radical (unpaired) electrons. The molecule has 0 saturated carbocycles. The largest absolute Gasteiger partial charge is 0.349 e. The summed E-state index contributed by atoms with van der Waals surface area (Å²) in [6.07, 6.45) is 2.38. The number of hydrogen-bond acceptors (Lipinski definition) is 3. The van der Waals surface area contributed by atoms with Gasteiger partial charge in [-0.1, -0.05) is 63.2 Å². The van der Waals surface area contributed by atoms with Gasteiger partial charge in [0.1, 0.15) is 0 Å². The van der Waals surface area contributed by atoms with Gasteiger partial charge in [0.15, 0.2) is 0 Å². The molecule has 30 heavy (non-hydrogen) atoms. The highest BCUT2D eigenvalue weighted by Crippen LogP contribution is 2.27. The van der Waals surface area contributed by atoms with E-state index in [-0.39, 0.29) is 23.8 Å². The van der Waals surface area contributed by atoms with E-state index in [1.807, 2.05) is 59.5 Å². The topological polar surface area (TPSA) is 49.4 Å². The van der Waals surface area contributed by atoms with Gasteiger partial charge in [-0.2, -0.15) is 0 Å². The van der Waals surface area contributed by atoms with Gasteiger partial charge >= 0.3 is 0 Å². The lowest BCUT2D eigenvalue weighted by Crippen LogP contribution is -2.47. The van der Waals surface area contributed by atoms with Gasteiger partial charge < -0.3 is 10.2 Å². The average molecular weight is 425 g/mol. The third-order valence-corrected chi connectivity index (χ3v) is 6.63. The maximum Gasteiger partial charge on any atom is 0.252 e. The molecule has 1 atom stereocenters. The van der Waals surface area contributed by atoms with Crippen molar-refractivity contribution >= 4 is 23.6 Å². The summed E-state index contributed by atoms with van der Waals surface area (Å²) in [7, 11) is 0. The molecule has 0 spiro atoms. The Bertz CT molecular complexity index is 845. The first-order valence-corrected chi connectivity index (χ1v) is 11.8. The minimum atomic E-state index is -0.0859. The Morgan fingerprint density at radius 1 is 1.03 bits per heavy atom. The van der Waals surface area contributed by atoms with Crippen LogP contribution in [-0.4, -0.2) is 41.1 Å². The van der Waals surface area contributed by atoms with E-state index in [4.69, 9.17) is 0 Å². The van der Waals surface area contributed by atoms with Crippen LogP contribution in [0.5, 0.6) is 0 Å². The van der Waals surface area contributed by atoms with Crippen molar-refractivity contribution in [3.8, 4) is 0 Å². The molecule has 0 bridgehead atoms. The zero-order valence-corrected chi connectivity index (χ0v) is 19.0. The zero-order valence-electron chi connectivity index (χ0n) is 18.1. The molecule has 1 N–H and O–H groups in total. The van der Waals surface area contributed by atoms with Crippen LogP contribution in [-0.2, 0) is 4.79 Å². The third-order valence-electron chi connectivity index (χ3n) is 5.54. The molecule has 0 aliphatic carbocycles. The van der Waals surface area contributed by atoms with Crippen LogP contribution in [0.4, 0.5) is 0 Å². The van der Waals surface area contributed by atoms with Crippen LogP contribution in [0.15, 0.2) is 59.5 Å². The molecule has 1 saturated heterocycles. The fourth-order valence-corrected chi connectivity index (χ4v) is 4.93. The van der Waals surface area contributed by atoms with Gasteiger partial charge in [-0.3, -0.25) is 9.59 Å². The Hall–Kier alpha value is -2.27. The number of piperidine rings is 1. The molecule has 2 aromatic rings. The monoisotopic (exact) mass is 424 g/mol. The standard InChI is InChI=1S/C25H32N2O2S/c1-4-21(19-10-6-5-7-11-19)25(29)27-16-14-20(15-17-27)26-24(28)22-12-8-9-13-23(22)30-18(2)3/h5-13,18,20-21H,4,14-17H2,1-3H3,(H,26,28)/t21-/m0/s1. The van der Waals surface area contributed by atoms with Crippen molar-refractivity contribution in [2.75, 3.05) is 13.1 Å². The number of thioether (sulfide) groups is 1. The lowest BCUT2D eigenvalue weighted by Gasteiger charge is -2.34. The van der Waals surface area contributed by atoms with Crippen LogP contribution in [0.3, 0.4) is 0 Å².